The van der Waals surface area contributed by atoms with Crippen LogP contribution in [0.1, 0.15) is 32.0 Å². The number of halogens is 3. The standard InChI is InChI=1S/C20H14F3N3O3/c21-20(22,23)15-4-1-3-14(11-15)18(27)25-24-12-17-5-2-10-26(17)16-8-6-13(7-9-16)19(28)29/h1-12H,(H,25,27)(H,28,29). The minimum absolute atomic E-state index is 0.143. The molecule has 6 nitrogen and oxygen atoms in total. The molecule has 2 aromatic carbocycles. The highest BCUT2D eigenvalue weighted by Crippen LogP contribution is 2.29. The molecule has 9 heteroatoms. The van der Waals surface area contributed by atoms with Crippen molar-refractivity contribution < 1.29 is 27.9 Å². The number of rotatable bonds is 5. The summed E-state index contributed by atoms with van der Waals surface area (Å²) < 4.78 is 39.9. The van der Waals surface area contributed by atoms with Gasteiger partial charge < -0.3 is 9.67 Å². The molecule has 0 aliphatic rings. The summed E-state index contributed by atoms with van der Waals surface area (Å²) >= 11 is 0. The Morgan fingerprint density at radius 3 is 2.38 bits per heavy atom. The molecule has 0 atom stereocenters. The van der Waals surface area contributed by atoms with E-state index in [0.717, 1.165) is 18.2 Å². The van der Waals surface area contributed by atoms with Crippen molar-refractivity contribution in [3.05, 3.63) is 89.2 Å². The predicted molar refractivity (Wildman–Crippen MR) is 99.2 cm³/mol. The van der Waals surface area contributed by atoms with Gasteiger partial charge in [-0.2, -0.15) is 18.3 Å². The van der Waals surface area contributed by atoms with Crippen LogP contribution in [0.5, 0.6) is 0 Å². The minimum atomic E-state index is -4.55. The molecule has 0 saturated heterocycles. The van der Waals surface area contributed by atoms with E-state index in [1.54, 1.807) is 35.0 Å². The van der Waals surface area contributed by atoms with Crippen LogP contribution in [0.4, 0.5) is 13.2 Å². The largest absolute Gasteiger partial charge is 0.478 e. The van der Waals surface area contributed by atoms with Crippen LogP contribution in [0.3, 0.4) is 0 Å². The highest BCUT2D eigenvalue weighted by molar-refractivity contribution is 5.95. The monoisotopic (exact) mass is 401 g/mol. The molecular formula is C20H14F3N3O3. The van der Waals surface area contributed by atoms with Crippen LogP contribution in [0.2, 0.25) is 0 Å². The van der Waals surface area contributed by atoms with Gasteiger partial charge >= 0.3 is 12.1 Å². The van der Waals surface area contributed by atoms with E-state index in [2.05, 4.69) is 10.5 Å². The van der Waals surface area contributed by atoms with E-state index in [4.69, 9.17) is 5.11 Å². The third kappa shape index (κ3) is 4.70. The van der Waals surface area contributed by atoms with E-state index in [9.17, 15) is 22.8 Å². The second kappa shape index (κ2) is 8.01. The van der Waals surface area contributed by atoms with Crippen LogP contribution in [-0.4, -0.2) is 27.8 Å². The molecule has 0 saturated carbocycles. The Bertz CT molecular complexity index is 1070. The fourth-order valence-corrected chi connectivity index (χ4v) is 2.56. The van der Waals surface area contributed by atoms with E-state index < -0.39 is 23.6 Å². The number of aromatic nitrogens is 1. The number of carbonyl (C=O) groups excluding carboxylic acids is 1. The number of alkyl halides is 3. The van der Waals surface area contributed by atoms with Gasteiger partial charge in [-0.05, 0) is 54.6 Å². The van der Waals surface area contributed by atoms with Gasteiger partial charge in [0.05, 0.1) is 23.0 Å². The Hall–Kier alpha value is -3.88. The first kappa shape index (κ1) is 19.9. The molecule has 29 heavy (non-hydrogen) atoms. The van der Waals surface area contributed by atoms with Gasteiger partial charge in [-0.1, -0.05) is 6.07 Å². The summed E-state index contributed by atoms with van der Waals surface area (Å²) in [6.07, 6.45) is -1.50. The summed E-state index contributed by atoms with van der Waals surface area (Å²) in [6.45, 7) is 0. The summed E-state index contributed by atoms with van der Waals surface area (Å²) in [6, 6.07) is 13.6. The van der Waals surface area contributed by atoms with Gasteiger partial charge in [-0.15, -0.1) is 0 Å². The van der Waals surface area contributed by atoms with Crippen LogP contribution in [0.25, 0.3) is 5.69 Å². The van der Waals surface area contributed by atoms with Gasteiger partial charge in [0.25, 0.3) is 5.91 Å². The third-order valence-electron chi connectivity index (χ3n) is 3.99. The lowest BCUT2D eigenvalue weighted by atomic mass is 10.1. The van der Waals surface area contributed by atoms with E-state index >= 15 is 0 Å². The SMILES string of the molecule is O=C(O)c1ccc(-n2cccc2C=NNC(=O)c2cccc(C(F)(F)F)c2)cc1. The number of carboxylic acids is 1. The molecule has 1 heterocycles. The Morgan fingerprint density at radius 1 is 1.00 bits per heavy atom. The quantitative estimate of drug-likeness (QED) is 0.502. The molecule has 1 amide bonds. The number of hydrogen-bond acceptors (Lipinski definition) is 3. The van der Waals surface area contributed by atoms with Gasteiger partial charge in [-0.3, -0.25) is 4.79 Å². The fraction of sp³-hybridized carbons (Fsp3) is 0.0500. The van der Waals surface area contributed by atoms with E-state index in [0.29, 0.717) is 11.4 Å². The molecule has 3 aromatic rings. The van der Waals surface area contributed by atoms with Crippen molar-refractivity contribution in [2.75, 3.05) is 0 Å². The molecule has 0 fully saturated rings. The molecule has 0 unspecified atom stereocenters. The van der Waals surface area contributed by atoms with Gasteiger partial charge in [0.2, 0.25) is 0 Å². The first-order valence-electron chi connectivity index (χ1n) is 8.27. The third-order valence-corrected chi connectivity index (χ3v) is 3.99. The van der Waals surface area contributed by atoms with Gasteiger partial charge in [0, 0.05) is 17.4 Å². The summed E-state index contributed by atoms with van der Waals surface area (Å²) in [5.41, 5.74) is 2.48. The smallest absolute Gasteiger partial charge is 0.416 e. The number of hydrogen-bond donors (Lipinski definition) is 2. The zero-order chi connectivity index (χ0) is 21.0. The molecular weight excluding hydrogens is 387 g/mol. The van der Waals surface area contributed by atoms with Crippen molar-refractivity contribution in [2.24, 2.45) is 5.10 Å². The van der Waals surface area contributed by atoms with Crippen molar-refractivity contribution in [2.45, 2.75) is 6.18 Å². The Kier molecular flexibility index (Phi) is 5.49. The van der Waals surface area contributed by atoms with Gasteiger partial charge in [-0.25, -0.2) is 10.2 Å². The van der Waals surface area contributed by atoms with Gasteiger partial charge in [0.15, 0.2) is 0 Å². The number of nitrogens with one attached hydrogen (secondary N) is 1. The Morgan fingerprint density at radius 2 is 1.72 bits per heavy atom. The topological polar surface area (TPSA) is 83.7 Å². The second-order valence-electron chi connectivity index (χ2n) is 5.93. The highest BCUT2D eigenvalue weighted by atomic mass is 19.4. The first-order valence-corrected chi connectivity index (χ1v) is 8.27. The van der Waals surface area contributed by atoms with Crippen LogP contribution >= 0.6 is 0 Å². The Labute approximate surface area is 162 Å². The maximum Gasteiger partial charge on any atom is 0.416 e. The minimum Gasteiger partial charge on any atom is -0.478 e. The fourth-order valence-electron chi connectivity index (χ4n) is 2.56. The second-order valence-corrected chi connectivity index (χ2v) is 5.93. The number of benzene rings is 2. The normalized spacial score (nSPS) is 11.6. The lowest BCUT2D eigenvalue weighted by Crippen LogP contribution is -2.18. The molecule has 3 rings (SSSR count). The maximum atomic E-state index is 12.7. The molecule has 1 aromatic heterocycles. The zero-order valence-electron chi connectivity index (χ0n) is 14.7. The van der Waals surface area contributed by atoms with Crippen molar-refractivity contribution in [1.29, 1.82) is 0 Å². The van der Waals surface area contributed by atoms with Crippen LogP contribution in [0.15, 0.2) is 72.0 Å². The Balaban J connectivity index is 1.73. The van der Waals surface area contributed by atoms with Gasteiger partial charge in [0.1, 0.15) is 0 Å². The maximum absolute atomic E-state index is 12.7. The van der Waals surface area contributed by atoms with Crippen molar-refractivity contribution in [3.63, 3.8) is 0 Å². The molecule has 0 spiro atoms. The van der Waals surface area contributed by atoms with Crippen molar-refractivity contribution >= 4 is 18.1 Å². The molecule has 148 valence electrons. The number of carboxylic acid groups (broad SMARTS) is 1. The van der Waals surface area contributed by atoms with E-state index in [1.807, 2.05) is 0 Å². The number of carbonyl (C=O) groups is 2. The number of aromatic carboxylic acids is 1. The molecule has 0 aliphatic heterocycles. The molecule has 0 radical (unpaired) electrons. The average molecular weight is 401 g/mol. The van der Waals surface area contributed by atoms with Crippen LogP contribution in [0, 0.1) is 0 Å². The predicted octanol–water partition coefficient (Wildman–Crippen LogP) is 3.96. The lowest BCUT2D eigenvalue weighted by molar-refractivity contribution is -0.137. The van der Waals surface area contributed by atoms with E-state index in [-0.39, 0.29) is 11.1 Å². The molecule has 0 aliphatic carbocycles. The van der Waals surface area contributed by atoms with Crippen molar-refractivity contribution in [1.82, 2.24) is 9.99 Å². The highest BCUT2D eigenvalue weighted by Gasteiger charge is 2.30. The number of hydrazone groups is 1. The lowest BCUT2D eigenvalue weighted by Gasteiger charge is -2.08. The van der Waals surface area contributed by atoms with Crippen LogP contribution < -0.4 is 5.43 Å². The summed E-state index contributed by atoms with van der Waals surface area (Å²) in [5.74, 6) is -1.82. The number of nitrogens with zero attached hydrogens (tertiary/aromatic N) is 2. The van der Waals surface area contributed by atoms with Crippen LogP contribution in [-0.2, 0) is 6.18 Å². The summed E-state index contributed by atoms with van der Waals surface area (Å²) in [5, 5.41) is 12.7. The summed E-state index contributed by atoms with van der Waals surface area (Å²) in [7, 11) is 0. The first-order chi connectivity index (χ1) is 13.8. The van der Waals surface area contributed by atoms with E-state index in [1.165, 1.54) is 24.4 Å². The molecule has 0 bridgehead atoms. The average Bonchev–Trinajstić information content (AvgIpc) is 3.16. The zero-order valence-corrected chi connectivity index (χ0v) is 14.7. The number of amides is 1. The summed E-state index contributed by atoms with van der Waals surface area (Å²) in [4.78, 5) is 23.0. The van der Waals surface area contributed by atoms with Crippen molar-refractivity contribution in [3.8, 4) is 5.69 Å². The molecule has 2 N–H and O–H groups in total.